The van der Waals surface area contributed by atoms with Gasteiger partial charge in [0, 0.05) is 23.7 Å². The highest BCUT2D eigenvalue weighted by Gasteiger charge is 2.48. The molecule has 5 nitrogen and oxygen atoms in total. The minimum atomic E-state index is -3.74. The first-order valence-corrected chi connectivity index (χ1v) is 12.7. The van der Waals surface area contributed by atoms with E-state index in [1.54, 1.807) is 46.8 Å². The SMILES string of the molecule is Cc1ccc(S(=O)(=O)N2CC[C@@H]3[C@H]2c2cc(C#Cc4ccccc4F)ccc2N[C@@H]3CO)cc1. The molecular formula is C27H25FN2O3S. The standard InChI is InChI=1S/C27H25FN2O3S/c1-18-6-11-21(12-7-18)34(32,33)30-15-14-22-26(17-31)29-25-13-9-19(16-23(25)27(22)30)8-10-20-4-2-3-5-24(20)28/h2-7,9,11-13,16,22,26-27,29,31H,14-15,17H2,1H3/t22-,26+,27-/m0/s1. The highest BCUT2D eigenvalue weighted by Crippen LogP contribution is 2.48. The Balaban J connectivity index is 1.56. The third kappa shape index (κ3) is 3.98. The van der Waals surface area contributed by atoms with E-state index in [9.17, 15) is 17.9 Å². The summed E-state index contributed by atoms with van der Waals surface area (Å²) in [4.78, 5) is 0.259. The second-order valence-electron chi connectivity index (χ2n) is 8.79. The fourth-order valence-corrected chi connectivity index (χ4v) is 6.58. The van der Waals surface area contributed by atoms with Crippen LogP contribution in [-0.4, -0.2) is 37.0 Å². The highest BCUT2D eigenvalue weighted by atomic mass is 32.2. The van der Waals surface area contributed by atoms with Crippen LogP contribution in [-0.2, 0) is 10.0 Å². The van der Waals surface area contributed by atoms with Crippen LogP contribution in [0.25, 0.3) is 0 Å². The summed E-state index contributed by atoms with van der Waals surface area (Å²) in [7, 11) is -3.74. The number of sulfonamides is 1. The molecule has 0 saturated carbocycles. The summed E-state index contributed by atoms with van der Waals surface area (Å²) in [6, 6.07) is 18.1. The number of aliphatic hydroxyl groups excluding tert-OH is 1. The minimum Gasteiger partial charge on any atom is -0.394 e. The first kappa shape index (κ1) is 22.6. The molecule has 0 unspecified atom stereocenters. The largest absolute Gasteiger partial charge is 0.394 e. The van der Waals surface area contributed by atoms with E-state index in [1.165, 1.54) is 6.07 Å². The topological polar surface area (TPSA) is 69.6 Å². The van der Waals surface area contributed by atoms with E-state index in [2.05, 4.69) is 17.2 Å². The number of aliphatic hydroxyl groups is 1. The number of hydrogen-bond donors (Lipinski definition) is 2. The monoisotopic (exact) mass is 476 g/mol. The second-order valence-corrected chi connectivity index (χ2v) is 10.7. The number of nitrogens with zero attached hydrogens (tertiary/aromatic N) is 1. The fraction of sp³-hybridized carbons (Fsp3) is 0.259. The van der Waals surface area contributed by atoms with Crippen molar-refractivity contribution in [3.8, 4) is 11.8 Å². The molecule has 3 atom stereocenters. The van der Waals surface area contributed by atoms with Crippen molar-refractivity contribution in [2.75, 3.05) is 18.5 Å². The summed E-state index contributed by atoms with van der Waals surface area (Å²) >= 11 is 0. The summed E-state index contributed by atoms with van der Waals surface area (Å²) in [5.41, 5.74) is 3.57. The number of nitrogens with one attached hydrogen (secondary N) is 1. The van der Waals surface area contributed by atoms with Crippen molar-refractivity contribution in [1.29, 1.82) is 0 Å². The van der Waals surface area contributed by atoms with Crippen molar-refractivity contribution in [1.82, 2.24) is 4.31 Å². The molecule has 174 valence electrons. The van der Waals surface area contributed by atoms with Gasteiger partial charge in [0.25, 0.3) is 0 Å². The summed E-state index contributed by atoms with van der Waals surface area (Å²) in [5, 5.41) is 13.4. The lowest BCUT2D eigenvalue weighted by Gasteiger charge is -2.38. The number of fused-ring (bicyclic) bond motifs is 3. The highest BCUT2D eigenvalue weighted by molar-refractivity contribution is 7.89. The van der Waals surface area contributed by atoms with Gasteiger partial charge in [-0.2, -0.15) is 4.31 Å². The van der Waals surface area contributed by atoms with E-state index < -0.39 is 16.1 Å². The van der Waals surface area contributed by atoms with Crippen LogP contribution < -0.4 is 5.32 Å². The Hall–Kier alpha value is -3.18. The molecule has 34 heavy (non-hydrogen) atoms. The minimum absolute atomic E-state index is 0.0764. The first-order chi connectivity index (χ1) is 16.4. The van der Waals surface area contributed by atoms with Crippen LogP contribution in [0.3, 0.4) is 0 Å². The van der Waals surface area contributed by atoms with Crippen LogP contribution in [0.4, 0.5) is 10.1 Å². The zero-order chi connectivity index (χ0) is 23.9. The van der Waals surface area contributed by atoms with Gasteiger partial charge in [-0.3, -0.25) is 0 Å². The molecule has 3 aromatic carbocycles. The van der Waals surface area contributed by atoms with E-state index in [-0.39, 0.29) is 29.3 Å². The molecule has 0 radical (unpaired) electrons. The van der Waals surface area contributed by atoms with E-state index in [4.69, 9.17) is 0 Å². The predicted molar refractivity (Wildman–Crippen MR) is 129 cm³/mol. The van der Waals surface area contributed by atoms with Gasteiger partial charge in [0.1, 0.15) is 5.82 Å². The normalized spacial score (nSPS) is 21.7. The van der Waals surface area contributed by atoms with E-state index in [0.717, 1.165) is 16.8 Å². The van der Waals surface area contributed by atoms with Gasteiger partial charge in [0.05, 0.1) is 29.1 Å². The van der Waals surface area contributed by atoms with Crippen LogP contribution in [0.15, 0.2) is 71.6 Å². The van der Waals surface area contributed by atoms with Crippen LogP contribution in [0.5, 0.6) is 0 Å². The van der Waals surface area contributed by atoms with Crippen LogP contribution in [0, 0.1) is 30.5 Å². The number of hydrogen-bond acceptors (Lipinski definition) is 4. The third-order valence-corrected chi connectivity index (χ3v) is 8.56. The average molecular weight is 477 g/mol. The van der Waals surface area contributed by atoms with Crippen LogP contribution in [0.1, 0.15) is 34.7 Å². The van der Waals surface area contributed by atoms with Gasteiger partial charge in [-0.15, -0.1) is 0 Å². The maximum absolute atomic E-state index is 14.0. The van der Waals surface area contributed by atoms with Crippen molar-refractivity contribution in [3.05, 3.63) is 94.8 Å². The lowest BCUT2D eigenvalue weighted by atomic mass is 9.83. The van der Waals surface area contributed by atoms with Crippen molar-refractivity contribution in [2.24, 2.45) is 5.92 Å². The van der Waals surface area contributed by atoms with Gasteiger partial charge in [-0.25, -0.2) is 12.8 Å². The Labute approximate surface area is 199 Å². The molecule has 5 rings (SSSR count). The van der Waals surface area contributed by atoms with E-state index in [1.807, 2.05) is 25.1 Å². The maximum atomic E-state index is 14.0. The number of anilines is 1. The van der Waals surface area contributed by atoms with Crippen molar-refractivity contribution < 1.29 is 17.9 Å². The Morgan fingerprint density at radius 2 is 1.85 bits per heavy atom. The Kier molecular flexibility index (Phi) is 5.90. The molecule has 1 saturated heterocycles. The lowest BCUT2D eigenvalue weighted by molar-refractivity contribution is 0.210. The van der Waals surface area contributed by atoms with Crippen molar-refractivity contribution in [2.45, 2.75) is 30.3 Å². The molecule has 2 N–H and O–H groups in total. The number of aryl methyl sites for hydroxylation is 1. The van der Waals surface area contributed by atoms with Gasteiger partial charge >= 0.3 is 0 Å². The van der Waals surface area contributed by atoms with Crippen molar-refractivity contribution in [3.63, 3.8) is 0 Å². The molecule has 0 bridgehead atoms. The van der Waals surface area contributed by atoms with Gasteiger partial charge in [-0.05, 0) is 61.4 Å². The quantitative estimate of drug-likeness (QED) is 0.559. The Morgan fingerprint density at radius 3 is 2.59 bits per heavy atom. The summed E-state index contributed by atoms with van der Waals surface area (Å²) < 4.78 is 42.8. The molecule has 2 aliphatic heterocycles. The summed E-state index contributed by atoms with van der Waals surface area (Å²) in [6.45, 7) is 2.20. The molecule has 3 aromatic rings. The van der Waals surface area contributed by atoms with Gasteiger partial charge in [0.15, 0.2) is 0 Å². The van der Waals surface area contributed by atoms with Gasteiger partial charge < -0.3 is 10.4 Å². The number of benzene rings is 3. The van der Waals surface area contributed by atoms with E-state index in [0.29, 0.717) is 24.1 Å². The molecule has 2 aliphatic rings. The second kappa shape index (κ2) is 8.88. The summed E-state index contributed by atoms with van der Waals surface area (Å²) in [5.74, 6) is 5.43. The molecule has 2 heterocycles. The maximum Gasteiger partial charge on any atom is 0.243 e. The first-order valence-electron chi connectivity index (χ1n) is 11.2. The van der Waals surface area contributed by atoms with Crippen LogP contribution >= 0.6 is 0 Å². The lowest BCUT2D eigenvalue weighted by Crippen LogP contribution is -2.42. The number of rotatable bonds is 3. The van der Waals surface area contributed by atoms with Gasteiger partial charge in [-0.1, -0.05) is 41.7 Å². The zero-order valence-corrected chi connectivity index (χ0v) is 19.5. The average Bonchev–Trinajstić information content (AvgIpc) is 3.30. The molecule has 0 aromatic heterocycles. The summed E-state index contributed by atoms with van der Waals surface area (Å²) in [6.07, 6.45) is 0.637. The predicted octanol–water partition coefficient (Wildman–Crippen LogP) is 4.07. The van der Waals surface area contributed by atoms with Crippen LogP contribution in [0.2, 0.25) is 0 Å². The molecule has 7 heteroatoms. The molecular weight excluding hydrogens is 451 g/mol. The molecule has 0 amide bonds. The molecule has 0 spiro atoms. The fourth-order valence-electron chi connectivity index (χ4n) is 4.92. The smallest absolute Gasteiger partial charge is 0.243 e. The zero-order valence-electron chi connectivity index (χ0n) is 18.7. The molecule has 0 aliphatic carbocycles. The third-order valence-electron chi connectivity index (χ3n) is 6.67. The van der Waals surface area contributed by atoms with E-state index >= 15 is 0 Å². The Bertz CT molecular complexity index is 1390. The van der Waals surface area contributed by atoms with Gasteiger partial charge in [0.2, 0.25) is 10.0 Å². The van der Waals surface area contributed by atoms with Crippen molar-refractivity contribution >= 4 is 15.7 Å². The Morgan fingerprint density at radius 1 is 1.09 bits per heavy atom. The number of halogens is 1. The molecule has 1 fully saturated rings.